The molecule has 0 spiro atoms. The van der Waals surface area contributed by atoms with Gasteiger partial charge < -0.3 is 9.84 Å². The normalized spacial score (nSPS) is 13.4. The number of nitrogens with zero attached hydrogens (tertiary/aromatic N) is 1. The Balaban J connectivity index is 2.35. The first-order valence-electron chi connectivity index (χ1n) is 4.86. The number of anilines is 1. The maximum atomic E-state index is 11.7. The van der Waals surface area contributed by atoms with Crippen molar-refractivity contribution in [2.45, 2.75) is 19.2 Å². The number of aromatic nitrogens is 1. The summed E-state index contributed by atoms with van der Waals surface area (Å²) >= 11 is 1.06. The van der Waals surface area contributed by atoms with Crippen LogP contribution in [0.5, 0.6) is 0 Å². The minimum Gasteiger partial charge on any atom is -0.387 e. The van der Waals surface area contributed by atoms with E-state index in [4.69, 9.17) is 0 Å². The first kappa shape index (κ1) is 14.9. The van der Waals surface area contributed by atoms with Crippen LogP contribution in [0.25, 0.3) is 0 Å². The first-order valence-corrected chi connectivity index (χ1v) is 5.74. The number of aliphatic hydroxyl groups is 1. The summed E-state index contributed by atoms with van der Waals surface area (Å²) in [5, 5.41) is 13.2. The Morgan fingerprint density at radius 2 is 2.33 bits per heavy atom. The summed E-state index contributed by atoms with van der Waals surface area (Å²) in [6.07, 6.45) is -5.23. The molecule has 1 aromatic heterocycles. The zero-order valence-corrected chi connectivity index (χ0v) is 10.1. The molecule has 1 heterocycles. The molecule has 0 aliphatic rings. The number of carbonyl (C=O) groups excluding carboxylic acids is 1. The van der Waals surface area contributed by atoms with Gasteiger partial charge >= 0.3 is 6.18 Å². The van der Waals surface area contributed by atoms with Crippen molar-refractivity contribution in [3.63, 3.8) is 0 Å². The monoisotopic (exact) mass is 284 g/mol. The highest BCUT2D eigenvalue weighted by atomic mass is 32.1. The number of aliphatic hydroxyl groups excluding tert-OH is 1. The molecule has 9 heteroatoms. The number of rotatable bonds is 5. The highest BCUT2D eigenvalue weighted by Gasteiger charge is 2.27. The third-order valence-electron chi connectivity index (χ3n) is 1.70. The maximum Gasteiger partial charge on any atom is 0.411 e. The van der Waals surface area contributed by atoms with Crippen molar-refractivity contribution >= 4 is 22.4 Å². The van der Waals surface area contributed by atoms with E-state index < -0.39 is 31.4 Å². The van der Waals surface area contributed by atoms with Crippen molar-refractivity contribution in [1.82, 2.24) is 4.98 Å². The number of hydrogen-bond donors (Lipinski definition) is 2. The molecular weight excluding hydrogens is 273 g/mol. The second-order valence-corrected chi connectivity index (χ2v) is 4.27. The molecule has 1 rings (SSSR count). The van der Waals surface area contributed by atoms with Gasteiger partial charge in [-0.15, -0.1) is 11.3 Å². The number of nitrogens with one attached hydrogen (secondary N) is 1. The quantitative estimate of drug-likeness (QED) is 0.863. The number of hydrogen-bond acceptors (Lipinski definition) is 5. The van der Waals surface area contributed by atoms with E-state index in [1.165, 1.54) is 12.3 Å². The molecule has 0 aromatic carbocycles. The van der Waals surface area contributed by atoms with Crippen molar-refractivity contribution in [2.75, 3.05) is 18.5 Å². The molecule has 0 bridgehead atoms. The first-order chi connectivity index (χ1) is 8.28. The van der Waals surface area contributed by atoms with Gasteiger partial charge in [0.2, 0.25) is 0 Å². The lowest BCUT2D eigenvalue weighted by Crippen LogP contribution is -2.23. The molecule has 18 heavy (non-hydrogen) atoms. The number of ether oxygens (including phenoxy) is 1. The van der Waals surface area contributed by atoms with Gasteiger partial charge in [0, 0.05) is 5.38 Å². The molecule has 1 atom stereocenters. The summed E-state index contributed by atoms with van der Waals surface area (Å²) in [5.74, 6) is -0.731. The molecule has 1 amide bonds. The van der Waals surface area contributed by atoms with Gasteiger partial charge in [0.25, 0.3) is 5.91 Å². The Labute approximate surface area is 105 Å². The van der Waals surface area contributed by atoms with E-state index in [0.717, 1.165) is 11.3 Å². The molecule has 0 aliphatic carbocycles. The molecule has 102 valence electrons. The van der Waals surface area contributed by atoms with Crippen molar-refractivity contribution < 1.29 is 27.8 Å². The third kappa shape index (κ3) is 5.43. The maximum absolute atomic E-state index is 11.7. The molecule has 0 aliphatic heterocycles. The fourth-order valence-corrected chi connectivity index (χ4v) is 1.76. The second kappa shape index (κ2) is 6.12. The zero-order valence-electron chi connectivity index (χ0n) is 9.32. The average Bonchev–Trinajstić information content (AvgIpc) is 2.64. The van der Waals surface area contributed by atoms with E-state index in [9.17, 15) is 23.1 Å². The van der Waals surface area contributed by atoms with Crippen LogP contribution in [0, 0.1) is 0 Å². The van der Waals surface area contributed by atoms with Gasteiger partial charge in [0.05, 0.1) is 11.8 Å². The van der Waals surface area contributed by atoms with E-state index in [1.54, 1.807) is 0 Å². The van der Waals surface area contributed by atoms with E-state index >= 15 is 0 Å². The van der Waals surface area contributed by atoms with Gasteiger partial charge in [0.15, 0.2) is 5.13 Å². The zero-order chi connectivity index (χ0) is 13.8. The SMILES string of the molecule is CC(O)c1csc(NC(=O)COCC(F)(F)F)n1. The lowest BCUT2D eigenvalue weighted by molar-refractivity contribution is -0.174. The lowest BCUT2D eigenvalue weighted by Gasteiger charge is -2.06. The Hall–Kier alpha value is -1.19. The standard InChI is InChI=1S/C9H11F3N2O3S/c1-5(15)6-3-18-8(13-6)14-7(16)2-17-4-9(10,11)12/h3,5,15H,2,4H2,1H3,(H,13,14,16). The van der Waals surface area contributed by atoms with Crippen LogP contribution >= 0.6 is 11.3 Å². The van der Waals surface area contributed by atoms with Crippen LogP contribution in [0.15, 0.2) is 5.38 Å². The van der Waals surface area contributed by atoms with Gasteiger partial charge in [-0.3, -0.25) is 10.1 Å². The Morgan fingerprint density at radius 1 is 1.67 bits per heavy atom. The minimum absolute atomic E-state index is 0.200. The van der Waals surface area contributed by atoms with Gasteiger partial charge in [-0.25, -0.2) is 4.98 Å². The Kier molecular flexibility index (Phi) is 5.05. The molecule has 0 radical (unpaired) electrons. The van der Waals surface area contributed by atoms with Crippen LogP contribution in [-0.4, -0.2) is 35.4 Å². The number of carbonyl (C=O) groups is 1. The van der Waals surface area contributed by atoms with Crippen LogP contribution in [0.3, 0.4) is 0 Å². The fraction of sp³-hybridized carbons (Fsp3) is 0.556. The lowest BCUT2D eigenvalue weighted by atomic mass is 10.3. The van der Waals surface area contributed by atoms with Crippen molar-refractivity contribution in [2.24, 2.45) is 0 Å². The summed E-state index contributed by atoms with van der Waals surface area (Å²) in [5.41, 5.74) is 0.381. The highest BCUT2D eigenvalue weighted by molar-refractivity contribution is 7.13. The predicted octanol–water partition coefficient (Wildman–Crippen LogP) is 1.71. The Bertz CT molecular complexity index is 406. The molecular formula is C9H11F3N2O3S. The van der Waals surface area contributed by atoms with Crippen LogP contribution in [0.1, 0.15) is 18.7 Å². The van der Waals surface area contributed by atoms with E-state index in [1.807, 2.05) is 0 Å². The molecule has 1 unspecified atom stereocenters. The summed E-state index contributed by atoms with van der Waals surface area (Å²) in [7, 11) is 0. The van der Waals surface area contributed by atoms with Gasteiger partial charge in [0.1, 0.15) is 13.2 Å². The third-order valence-corrected chi connectivity index (χ3v) is 2.47. The molecule has 5 nitrogen and oxygen atoms in total. The fourth-order valence-electron chi connectivity index (χ4n) is 0.950. The van der Waals surface area contributed by atoms with Crippen molar-refractivity contribution in [3.05, 3.63) is 11.1 Å². The number of halogens is 3. The van der Waals surface area contributed by atoms with Crippen molar-refractivity contribution in [1.29, 1.82) is 0 Å². The number of amides is 1. The second-order valence-electron chi connectivity index (χ2n) is 3.41. The molecule has 0 saturated heterocycles. The van der Waals surface area contributed by atoms with E-state index in [2.05, 4.69) is 15.0 Å². The molecule has 0 fully saturated rings. The number of alkyl halides is 3. The predicted molar refractivity (Wildman–Crippen MR) is 58.3 cm³/mol. The van der Waals surface area contributed by atoms with Gasteiger partial charge in [-0.1, -0.05) is 0 Å². The molecule has 0 saturated carbocycles. The summed E-state index contributed by atoms with van der Waals surface area (Å²) in [6, 6.07) is 0. The van der Waals surface area contributed by atoms with Crippen LogP contribution in [-0.2, 0) is 9.53 Å². The van der Waals surface area contributed by atoms with Gasteiger partial charge in [-0.05, 0) is 6.92 Å². The van der Waals surface area contributed by atoms with E-state index in [-0.39, 0.29) is 5.13 Å². The van der Waals surface area contributed by atoms with Gasteiger partial charge in [-0.2, -0.15) is 13.2 Å². The van der Waals surface area contributed by atoms with Crippen LogP contribution in [0.2, 0.25) is 0 Å². The molecule has 2 N–H and O–H groups in total. The summed E-state index contributed by atoms with van der Waals surface area (Å²) in [6.45, 7) is -0.673. The smallest absolute Gasteiger partial charge is 0.387 e. The van der Waals surface area contributed by atoms with Crippen molar-refractivity contribution in [3.8, 4) is 0 Å². The summed E-state index contributed by atoms with van der Waals surface area (Å²) < 4.78 is 39.4. The molecule has 1 aromatic rings. The highest BCUT2D eigenvalue weighted by Crippen LogP contribution is 2.20. The van der Waals surface area contributed by atoms with Crippen LogP contribution in [0.4, 0.5) is 18.3 Å². The minimum atomic E-state index is -4.46. The Morgan fingerprint density at radius 3 is 2.83 bits per heavy atom. The van der Waals surface area contributed by atoms with Crippen LogP contribution < -0.4 is 5.32 Å². The largest absolute Gasteiger partial charge is 0.411 e. The topological polar surface area (TPSA) is 71.5 Å². The average molecular weight is 284 g/mol. The summed E-state index contributed by atoms with van der Waals surface area (Å²) in [4.78, 5) is 15.0. The van der Waals surface area contributed by atoms with E-state index in [0.29, 0.717) is 5.69 Å². The number of thiazole rings is 1.